The SMILES string of the molecule is CC(NC(=O)[C@@H](N)[C@@H](C)O)C(=O)N1CCC[C@H]1C(=O)N[C@@H](C)C(=O)O. The highest BCUT2D eigenvalue weighted by Crippen LogP contribution is 2.18. The molecule has 0 aromatic carbocycles. The minimum Gasteiger partial charge on any atom is -0.480 e. The predicted molar refractivity (Wildman–Crippen MR) is 87.2 cm³/mol. The standard InChI is InChI=1S/C15H26N4O6/c1-7(17-13(22)11(16)9(3)20)14(23)19-6-4-5-10(19)12(21)18-8(2)15(24)25/h7-11,20H,4-6,16H2,1-3H3,(H,17,22)(H,18,21)(H,24,25)/t7?,8-,9+,10-,11-/m0/s1. The normalized spacial score (nSPS) is 21.8. The number of amides is 3. The number of hydrogen-bond donors (Lipinski definition) is 5. The third kappa shape index (κ3) is 5.40. The predicted octanol–water partition coefficient (Wildman–Crippen LogP) is -2.22. The number of hydrogen-bond acceptors (Lipinski definition) is 6. The number of aliphatic hydroxyl groups is 1. The molecule has 1 aliphatic heterocycles. The first-order chi connectivity index (χ1) is 11.6. The molecule has 1 rings (SSSR count). The zero-order chi connectivity index (χ0) is 19.3. The number of carbonyl (C=O) groups is 4. The van der Waals surface area contributed by atoms with Crippen molar-refractivity contribution in [1.29, 1.82) is 0 Å². The van der Waals surface area contributed by atoms with Crippen LogP contribution in [0.15, 0.2) is 0 Å². The maximum atomic E-state index is 12.5. The molecule has 25 heavy (non-hydrogen) atoms. The average molecular weight is 358 g/mol. The lowest BCUT2D eigenvalue weighted by molar-refractivity contribution is -0.144. The van der Waals surface area contributed by atoms with E-state index in [0.717, 1.165) is 0 Å². The van der Waals surface area contributed by atoms with Crippen LogP contribution in [0.1, 0.15) is 33.6 Å². The van der Waals surface area contributed by atoms with E-state index in [9.17, 15) is 24.3 Å². The van der Waals surface area contributed by atoms with E-state index in [1.807, 2.05) is 0 Å². The van der Waals surface area contributed by atoms with Crippen molar-refractivity contribution in [2.75, 3.05) is 6.54 Å². The Bertz CT molecular complexity index is 538. The third-order valence-electron chi connectivity index (χ3n) is 4.12. The van der Waals surface area contributed by atoms with Crippen molar-refractivity contribution in [2.24, 2.45) is 5.73 Å². The Labute approximate surface area is 145 Å². The number of aliphatic carboxylic acids is 1. The summed E-state index contributed by atoms with van der Waals surface area (Å²) in [5.41, 5.74) is 5.51. The van der Waals surface area contributed by atoms with Gasteiger partial charge in [-0.1, -0.05) is 0 Å². The summed E-state index contributed by atoms with van der Waals surface area (Å²) in [7, 11) is 0. The van der Waals surface area contributed by atoms with E-state index in [1.165, 1.54) is 25.7 Å². The van der Waals surface area contributed by atoms with Crippen molar-refractivity contribution in [3.63, 3.8) is 0 Å². The molecule has 1 aliphatic rings. The number of nitrogens with zero attached hydrogens (tertiary/aromatic N) is 1. The monoisotopic (exact) mass is 358 g/mol. The van der Waals surface area contributed by atoms with E-state index in [4.69, 9.17) is 10.8 Å². The van der Waals surface area contributed by atoms with Gasteiger partial charge in [0.1, 0.15) is 24.2 Å². The van der Waals surface area contributed by atoms with Crippen LogP contribution in [-0.2, 0) is 19.2 Å². The van der Waals surface area contributed by atoms with Crippen molar-refractivity contribution in [1.82, 2.24) is 15.5 Å². The van der Waals surface area contributed by atoms with E-state index < -0.39 is 54.0 Å². The van der Waals surface area contributed by atoms with Crippen molar-refractivity contribution in [2.45, 2.75) is 63.9 Å². The first-order valence-corrected chi connectivity index (χ1v) is 8.14. The highest BCUT2D eigenvalue weighted by molar-refractivity contribution is 5.94. The molecule has 0 bridgehead atoms. The van der Waals surface area contributed by atoms with Gasteiger partial charge in [-0.05, 0) is 33.6 Å². The molecule has 6 N–H and O–H groups in total. The molecule has 1 unspecified atom stereocenters. The number of nitrogens with two attached hydrogens (primary N) is 1. The van der Waals surface area contributed by atoms with Gasteiger partial charge in [-0.15, -0.1) is 0 Å². The molecule has 142 valence electrons. The van der Waals surface area contributed by atoms with Crippen molar-refractivity contribution < 1.29 is 29.4 Å². The molecule has 1 fully saturated rings. The van der Waals surface area contributed by atoms with Crippen LogP contribution in [0.25, 0.3) is 0 Å². The summed E-state index contributed by atoms with van der Waals surface area (Å²) < 4.78 is 0. The molecule has 1 saturated heterocycles. The average Bonchev–Trinajstić information content (AvgIpc) is 3.02. The van der Waals surface area contributed by atoms with Gasteiger partial charge in [0.05, 0.1) is 6.10 Å². The van der Waals surface area contributed by atoms with Crippen LogP contribution in [0, 0.1) is 0 Å². The number of aliphatic hydroxyl groups excluding tert-OH is 1. The van der Waals surface area contributed by atoms with Crippen molar-refractivity contribution in [3.05, 3.63) is 0 Å². The molecule has 5 atom stereocenters. The molecule has 0 radical (unpaired) electrons. The largest absolute Gasteiger partial charge is 0.480 e. The van der Waals surface area contributed by atoms with E-state index in [-0.39, 0.29) is 0 Å². The lowest BCUT2D eigenvalue weighted by Crippen LogP contribution is -2.56. The van der Waals surface area contributed by atoms with Crippen LogP contribution in [0.5, 0.6) is 0 Å². The molecule has 0 aliphatic carbocycles. The van der Waals surface area contributed by atoms with Gasteiger partial charge in [-0.3, -0.25) is 19.2 Å². The second-order valence-corrected chi connectivity index (χ2v) is 6.25. The minimum atomic E-state index is -1.17. The Morgan fingerprint density at radius 2 is 1.72 bits per heavy atom. The summed E-state index contributed by atoms with van der Waals surface area (Å²) in [5.74, 6) is -2.85. The van der Waals surface area contributed by atoms with Gasteiger partial charge in [-0.2, -0.15) is 0 Å². The molecule has 0 spiro atoms. The summed E-state index contributed by atoms with van der Waals surface area (Å²) in [5, 5.41) is 22.9. The third-order valence-corrected chi connectivity index (χ3v) is 4.12. The number of carboxylic acids is 1. The summed E-state index contributed by atoms with van der Waals surface area (Å²) in [6, 6.07) is -3.93. The minimum absolute atomic E-state index is 0.334. The van der Waals surface area contributed by atoms with Crippen LogP contribution in [-0.4, -0.2) is 75.6 Å². The summed E-state index contributed by atoms with van der Waals surface area (Å²) >= 11 is 0. The quantitative estimate of drug-likeness (QED) is 0.344. The number of nitrogens with one attached hydrogen (secondary N) is 2. The topological polar surface area (TPSA) is 162 Å². The fourth-order valence-corrected chi connectivity index (χ4v) is 2.51. The first kappa shape index (κ1) is 20.8. The van der Waals surface area contributed by atoms with Crippen molar-refractivity contribution >= 4 is 23.7 Å². The Hall–Kier alpha value is -2.20. The van der Waals surface area contributed by atoms with Gasteiger partial charge in [0.15, 0.2) is 0 Å². The summed E-state index contributed by atoms with van der Waals surface area (Å²) in [4.78, 5) is 48.7. The molecule has 1 heterocycles. The van der Waals surface area contributed by atoms with E-state index in [0.29, 0.717) is 19.4 Å². The van der Waals surface area contributed by atoms with E-state index in [2.05, 4.69) is 10.6 Å². The molecule has 3 amide bonds. The Morgan fingerprint density at radius 1 is 1.12 bits per heavy atom. The molecule has 10 heteroatoms. The maximum Gasteiger partial charge on any atom is 0.325 e. The zero-order valence-corrected chi connectivity index (χ0v) is 14.6. The second kappa shape index (κ2) is 8.77. The Morgan fingerprint density at radius 3 is 2.24 bits per heavy atom. The summed E-state index contributed by atoms with van der Waals surface area (Å²) in [6.45, 7) is 4.49. The Kier molecular flexibility index (Phi) is 7.31. The van der Waals surface area contributed by atoms with Crippen LogP contribution < -0.4 is 16.4 Å². The second-order valence-electron chi connectivity index (χ2n) is 6.25. The zero-order valence-electron chi connectivity index (χ0n) is 14.6. The maximum absolute atomic E-state index is 12.5. The highest BCUT2D eigenvalue weighted by Gasteiger charge is 2.37. The van der Waals surface area contributed by atoms with Crippen LogP contribution >= 0.6 is 0 Å². The number of carboxylic acid groups (broad SMARTS) is 1. The molecule has 0 aromatic heterocycles. The van der Waals surface area contributed by atoms with Crippen molar-refractivity contribution in [3.8, 4) is 0 Å². The smallest absolute Gasteiger partial charge is 0.325 e. The highest BCUT2D eigenvalue weighted by atomic mass is 16.4. The number of carbonyl (C=O) groups excluding carboxylic acids is 3. The number of likely N-dealkylation sites (tertiary alicyclic amines) is 1. The van der Waals surface area contributed by atoms with E-state index >= 15 is 0 Å². The number of rotatable bonds is 7. The van der Waals surface area contributed by atoms with Gasteiger partial charge in [0.25, 0.3) is 0 Å². The molecule has 0 aromatic rings. The Balaban J connectivity index is 2.71. The lowest BCUT2D eigenvalue weighted by Gasteiger charge is -2.28. The lowest BCUT2D eigenvalue weighted by atomic mass is 10.1. The molecule has 0 saturated carbocycles. The van der Waals surface area contributed by atoms with Crippen LogP contribution in [0.3, 0.4) is 0 Å². The van der Waals surface area contributed by atoms with Gasteiger partial charge in [0, 0.05) is 6.54 Å². The molecular weight excluding hydrogens is 332 g/mol. The first-order valence-electron chi connectivity index (χ1n) is 8.14. The van der Waals surface area contributed by atoms with Gasteiger partial charge in [0.2, 0.25) is 17.7 Å². The van der Waals surface area contributed by atoms with Gasteiger partial charge < -0.3 is 31.5 Å². The van der Waals surface area contributed by atoms with Gasteiger partial charge >= 0.3 is 5.97 Å². The van der Waals surface area contributed by atoms with Crippen LogP contribution in [0.2, 0.25) is 0 Å². The fourth-order valence-electron chi connectivity index (χ4n) is 2.51. The van der Waals surface area contributed by atoms with Gasteiger partial charge in [-0.25, -0.2) is 0 Å². The summed E-state index contributed by atoms with van der Waals surface area (Å²) in [6.07, 6.45) is -0.0539. The van der Waals surface area contributed by atoms with E-state index in [1.54, 1.807) is 0 Å². The molecular formula is C15H26N4O6. The molecule has 10 nitrogen and oxygen atoms in total. The van der Waals surface area contributed by atoms with Crippen LogP contribution in [0.4, 0.5) is 0 Å². The fraction of sp³-hybridized carbons (Fsp3) is 0.733.